The summed E-state index contributed by atoms with van der Waals surface area (Å²) in [6, 6.07) is 5.77. The van der Waals surface area contributed by atoms with E-state index < -0.39 is 18.5 Å². The maximum Gasteiger partial charge on any atom is 0.345 e. The Kier molecular flexibility index (Phi) is 6.92. The molecule has 0 bridgehead atoms. The van der Waals surface area contributed by atoms with Crippen molar-refractivity contribution in [3.8, 4) is 28.1 Å². The highest BCUT2D eigenvalue weighted by Gasteiger charge is 2.21. The second-order valence-electron chi connectivity index (χ2n) is 7.87. The van der Waals surface area contributed by atoms with E-state index in [0.717, 1.165) is 11.3 Å². The minimum absolute atomic E-state index is 0.0772. The lowest BCUT2D eigenvalue weighted by molar-refractivity contribution is -0.130. The number of rotatable bonds is 9. The molecule has 1 atom stereocenters. The molecular formula is C22H18ClF3N10O. The summed E-state index contributed by atoms with van der Waals surface area (Å²) in [5, 5.41) is 23.1. The molecule has 1 aromatic carbocycles. The SMILES string of the molecule is Cn1nncc1-c1cnn(C(CCOC(F)F)c2ccc(-c3c(-n4cnnn4)ccc(Cl)c3F)cn2)c1. The van der Waals surface area contributed by atoms with Crippen LogP contribution in [-0.4, -0.2) is 63.2 Å². The Morgan fingerprint density at radius 3 is 2.57 bits per heavy atom. The second-order valence-corrected chi connectivity index (χ2v) is 8.28. The van der Waals surface area contributed by atoms with Crippen LogP contribution in [0.25, 0.3) is 28.1 Å². The van der Waals surface area contributed by atoms with Gasteiger partial charge in [-0.2, -0.15) is 18.6 Å². The summed E-state index contributed by atoms with van der Waals surface area (Å²) in [6.07, 6.45) is 7.91. The van der Waals surface area contributed by atoms with Crippen molar-refractivity contribution >= 4 is 11.6 Å². The molecule has 0 aliphatic rings. The Hall–Kier alpha value is -4.17. The van der Waals surface area contributed by atoms with Crippen LogP contribution in [0.1, 0.15) is 18.2 Å². The highest BCUT2D eigenvalue weighted by atomic mass is 35.5. The van der Waals surface area contributed by atoms with Gasteiger partial charge in [-0.3, -0.25) is 9.67 Å². The zero-order chi connectivity index (χ0) is 25.9. The van der Waals surface area contributed by atoms with Crippen molar-refractivity contribution < 1.29 is 17.9 Å². The van der Waals surface area contributed by atoms with Gasteiger partial charge in [-0.25, -0.2) is 9.07 Å². The summed E-state index contributed by atoms with van der Waals surface area (Å²) in [4.78, 5) is 4.51. The number of aromatic nitrogens is 10. The number of ether oxygens (including phenoxy) is 1. The zero-order valence-electron chi connectivity index (χ0n) is 19.2. The number of nitrogens with zero attached hydrogens (tertiary/aromatic N) is 10. The molecule has 37 heavy (non-hydrogen) atoms. The maximum atomic E-state index is 15.1. The molecule has 190 valence electrons. The average Bonchev–Trinajstić information content (AvgIpc) is 3.66. The van der Waals surface area contributed by atoms with Gasteiger partial charge >= 0.3 is 6.61 Å². The third kappa shape index (κ3) is 5.06. The van der Waals surface area contributed by atoms with Crippen LogP contribution >= 0.6 is 11.6 Å². The first-order chi connectivity index (χ1) is 17.9. The molecule has 0 N–H and O–H groups in total. The molecule has 0 aliphatic heterocycles. The fraction of sp³-hybridized carbons (Fsp3) is 0.227. The van der Waals surface area contributed by atoms with Crippen molar-refractivity contribution in [3.05, 3.63) is 71.9 Å². The van der Waals surface area contributed by atoms with Crippen LogP contribution in [0.2, 0.25) is 5.02 Å². The van der Waals surface area contributed by atoms with Gasteiger partial charge in [0.05, 0.1) is 47.1 Å². The quantitative estimate of drug-likeness (QED) is 0.283. The molecule has 0 fully saturated rings. The van der Waals surface area contributed by atoms with E-state index in [0.29, 0.717) is 16.9 Å². The lowest BCUT2D eigenvalue weighted by Gasteiger charge is -2.18. The summed E-state index contributed by atoms with van der Waals surface area (Å²) in [7, 11) is 1.74. The number of benzene rings is 1. The first kappa shape index (κ1) is 24.5. The highest BCUT2D eigenvalue weighted by molar-refractivity contribution is 6.31. The normalized spacial score (nSPS) is 12.4. The molecule has 4 aromatic heterocycles. The fourth-order valence-corrected chi connectivity index (χ4v) is 4.06. The number of hydrogen-bond donors (Lipinski definition) is 0. The Bertz CT molecular complexity index is 1490. The lowest BCUT2D eigenvalue weighted by Crippen LogP contribution is -2.16. The molecular weight excluding hydrogens is 513 g/mol. The molecule has 0 radical (unpaired) electrons. The second kappa shape index (κ2) is 10.4. The van der Waals surface area contributed by atoms with Crippen LogP contribution in [0.3, 0.4) is 0 Å². The van der Waals surface area contributed by atoms with E-state index in [4.69, 9.17) is 11.6 Å². The van der Waals surface area contributed by atoms with Crippen molar-refractivity contribution in [1.82, 2.24) is 50.0 Å². The van der Waals surface area contributed by atoms with Gasteiger partial charge in [0.15, 0.2) is 5.82 Å². The van der Waals surface area contributed by atoms with Crippen molar-refractivity contribution in [2.45, 2.75) is 19.1 Å². The van der Waals surface area contributed by atoms with Gasteiger partial charge in [-0.15, -0.1) is 10.2 Å². The standard InChI is InChI=1S/C22H18ClF3N10O/c1-34-19(10-28-32-34)14-9-30-35(11-14)17(6-7-37-22(25)26)16-4-2-13(8-27-16)20-18(36-12-29-31-33-36)5-3-15(23)21(20)24/h2-5,8-12,17,22H,6-7H2,1H3. The Balaban J connectivity index is 1.50. The summed E-state index contributed by atoms with van der Waals surface area (Å²) < 4.78 is 49.4. The van der Waals surface area contributed by atoms with E-state index in [2.05, 4.69) is 40.7 Å². The summed E-state index contributed by atoms with van der Waals surface area (Å²) >= 11 is 6.04. The van der Waals surface area contributed by atoms with Gasteiger partial charge in [0.2, 0.25) is 0 Å². The molecule has 0 amide bonds. The Morgan fingerprint density at radius 2 is 1.89 bits per heavy atom. The third-order valence-corrected chi connectivity index (χ3v) is 5.94. The van der Waals surface area contributed by atoms with Gasteiger partial charge in [0, 0.05) is 36.1 Å². The molecule has 11 nitrogen and oxygen atoms in total. The largest absolute Gasteiger partial charge is 0.345 e. The van der Waals surface area contributed by atoms with E-state index in [-0.39, 0.29) is 23.6 Å². The van der Waals surface area contributed by atoms with E-state index in [1.165, 1.54) is 23.3 Å². The van der Waals surface area contributed by atoms with Gasteiger partial charge in [0.1, 0.15) is 6.33 Å². The summed E-state index contributed by atoms with van der Waals surface area (Å²) in [6.45, 7) is -3.14. The monoisotopic (exact) mass is 530 g/mol. The number of halogens is 4. The first-order valence-electron chi connectivity index (χ1n) is 10.9. The fourth-order valence-electron chi connectivity index (χ4n) is 3.90. The number of hydrogen-bond acceptors (Lipinski definition) is 8. The zero-order valence-corrected chi connectivity index (χ0v) is 19.9. The van der Waals surface area contributed by atoms with Crippen molar-refractivity contribution in [3.63, 3.8) is 0 Å². The molecule has 0 saturated carbocycles. The van der Waals surface area contributed by atoms with E-state index >= 15 is 4.39 Å². The third-order valence-electron chi connectivity index (χ3n) is 5.65. The molecule has 15 heteroatoms. The lowest BCUT2D eigenvalue weighted by atomic mass is 10.0. The first-order valence-corrected chi connectivity index (χ1v) is 11.3. The molecule has 5 aromatic rings. The Morgan fingerprint density at radius 1 is 1.03 bits per heavy atom. The summed E-state index contributed by atoms with van der Waals surface area (Å²) in [5.74, 6) is -0.660. The molecule has 1 unspecified atom stereocenters. The van der Waals surface area contributed by atoms with Gasteiger partial charge in [-0.05, 0) is 35.0 Å². The van der Waals surface area contributed by atoms with Gasteiger partial charge in [-0.1, -0.05) is 22.9 Å². The molecule has 4 heterocycles. The number of tetrazole rings is 1. The topological polar surface area (TPSA) is 114 Å². The van der Waals surface area contributed by atoms with Crippen LogP contribution < -0.4 is 0 Å². The number of aryl methyl sites for hydroxylation is 1. The maximum absolute atomic E-state index is 15.1. The Labute approximate surface area is 212 Å². The molecule has 0 spiro atoms. The molecule has 5 rings (SSSR count). The molecule has 0 saturated heterocycles. The number of alkyl halides is 2. The van der Waals surface area contributed by atoms with Crippen LogP contribution in [0, 0.1) is 5.82 Å². The predicted molar refractivity (Wildman–Crippen MR) is 124 cm³/mol. The predicted octanol–water partition coefficient (Wildman–Crippen LogP) is 3.73. The van der Waals surface area contributed by atoms with Crippen LogP contribution in [-0.2, 0) is 11.8 Å². The van der Waals surface area contributed by atoms with Gasteiger partial charge < -0.3 is 4.74 Å². The van der Waals surface area contributed by atoms with Crippen LogP contribution in [0.5, 0.6) is 0 Å². The van der Waals surface area contributed by atoms with E-state index in [1.54, 1.807) is 53.2 Å². The molecule has 0 aliphatic carbocycles. The smallest absolute Gasteiger partial charge is 0.323 e. The van der Waals surface area contributed by atoms with Crippen LogP contribution in [0.4, 0.5) is 13.2 Å². The average molecular weight is 531 g/mol. The summed E-state index contributed by atoms with van der Waals surface area (Å²) in [5.41, 5.74) is 2.90. The minimum Gasteiger partial charge on any atom is -0.323 e. The van der Waals surface area contributed by atoms with Gasteiger partial charge in [0.25, 0.3) is 0 Å². The van der Waals surface area contributed by atoms with Crippen molar-refractivity contribution in [2.75, 3.05) is 6.61 Å². The van der Waals surface area contributed by atoms with Crippen molar-refractivity contribution in [2.24, 2.45) is 7.05 Å². The highest BCUT2D eigenvalue weighted by Crippen LogP contribution is 2.34. The van der Waals surface area contributed by atoms with Crippen LogP contribution in [0.15, 0.2) is 55.4 Å². The number of pyridine rings is 1. The minimum atomic E-state index is -2.90. The van der Waals surface area contributed by atoms with E-state index in [1.807, 2.05) is 0 Å². The van der Waals surface area contributed by atoms with Crippen molar-refractivity contribution in [1.29, 1.82) is 0 Å². The van der Waals surface area contributed by atoms with E-state index in [9.17, 15) is 8.78 Å².